The first-order valence-corrected chi connectivity index (χ1v) is 7.16. The molecule has 0 radical (unpaired) electrons. The van der Waals surface area contributed by atoms with E-state index in [1.165, 1.54) is 19.9 Å². The van der Waals surface area contributed by atoms with E-state index < -0.39 is 15.6 Å². The molecule has 0 heterocycles. The van der Waals surface area contributed by atoms with Gasteiger partial charge in [0.25, 0.3) is 0 Å². The zero-order chi connectivity index (χ0) is 13.3. The van der Waals surface area contributed by atoms with Crippen LogP contribution >= 0.6 is 15.9 Å². The van der Waals surface area contributed by atoms with Crippen LogP contribution in [0, 0.1) is 0 Å². The number of hydrogen-bond donors (Lipinski definition) is 3. The van der Waals surface area contributed by atoms with E-state index in [1.54, 1.807) is 12.1 Å². The van der Waals surface area contributed by atoms with Crippen LogP contribution in [0.1, 0.15) is 13.8 Å². The molecular formula is C10H15BrN2O3S. The van der Waals surface area contributed by atoms with E-state index >= 15 is 0 Å². The van der Waals surface area contributed by atoms with Crippen molar-refractivity contribution in [3.63, 3.8) is 0 Å². The maximum Gasteiger partial charge on any atom is 0.241 e. The van der Waals surface area contributed by atoms with Crippen LogP contribution in [0.15, 0.2) is 27.6 Å². The molecule has 0 aliphatic rings. The number of sulfonamides is 1. The molecule has 5 nitrogen and oxygen atoms in total. The van der Waals surface area contributed by atoms with E-state index in [-0.39, 0.29) is 11.4 Å². The number of nitrogen functional groups attached to an aromatic ring is 1. The maximum atomic E-state index is 11.9. The van der Waals surface area contributed by atoms with Crippen molar-refractivity contribution in [1.82, 2.24) is 4.72 Å². The van der Waals surface area contributed by atoms with E-state index in [9.17, 15) is 13.5 Å². The monoisotopic (exact) mass is 322 g/mol. The fraction of sp³-hybridized carbons (Fsp3) is 0.400. The Morgan fingerprint density at radius 1 is 1.47 bits per heavy atom. The van der Waals surface area contributed by atoms with Gasteiger partial charge in [0.05, 0.1) is 10.5 Å². The Hall–Kier alpha value is -0.630. The van der Waals surface area contributed by atoms with Gasteiger partial charge in [-0.1, -0.05) is 0 Å². The van der Waals surface area contributed by atoms with Gasteiger partial charge in [0, 0.05) is 16.7 Å². The third kappa shape index (κ3) is 4.27. The summed E-state index contributed by atoms with van der Waals surface area (Å²) in [4.78, 5) is 0.0572. The third-order valence-electron chi connectivity index (χ3n) is 1.94. The Bertz CT molecular complexity index is 509. The van der Waals surface area contributed by atoms with Gasteiger partial charge in [0.15, 0.2) is 0 Å². The Labute approximate surface area is 109 Å². The molecule has 1 aromatic rings. The summed E-state index contributed by atoms with van der Waals surface area (Å²) in [6.07, 6.45) is 0. The standard InChI is InChI=1S/C10H15BrN2O3S/c1-10(2,14)6-13-17(15,16)9-5-7(12)3-4-8(9)11/h3-5,13-14H,6,12H2,1-2H3. The Balaban J connectivity index is 3.02. The van der Waals surface area contributed by atoms with E-state index in [0.717, 1.165) is 0 Å². The number of anilines is 1. The highest BCUT2D eigenvalue weighted by Gasteiger charge is 2.21. The molecule has 0 saturated heterocycles. The minimum atomic E-state index is -3.68. The number of benzene rings is 1. The van der Waals surface area contributed by atoms with Crippen molar-refractivity contribution >= 4 is 31.6 Å². The second-order valence-corrected chi connectivity index (χ2v) is 6.92. The highest BCUT2D eigenvalue weighted by molar-refractivity contribution is 9.10. The van der Waals surface area contributed by atoms with E-state index in [2.05, 4.69) is 20.7 Å². The van der Waals surface area contributed by atoms with Gasteiger partial charge in [-0.05, 0) is 48.0 Å². The lowest BCUT2D eigenvalue weighted by Crippen LogP contribution is -2.38. The molecule has 1 aromatic carbocycles. The molecule has 0 fully saturated rings. The molecule has 0 aromatic heterocycles. The lowest BCUT2D eigenvalue weighted by molar-refractivity contribution is 0.0857. The number of nitrogens with two attached hydrogens (primary N) is 1. The van der Waals surface area contributed by atoms with Crippen LogP contribution in [0.3, 0.4) is 0 Å². The predicted octanol–water partition coefficient (Wildman–Crippen LogP) is 1.08. The average Bonchev–Trinajstić information content (AvgIpc) is 2.18. The normalized spacial score (nSPS) is 12.7. The summed E-state index contributed by atoms with van der Waals surface area (Å²) in [6, 6.07) is 4.52. The quantitative estimate of drug-likeness (QED) is 0.723. The Morgan fingerprint density at radius 3 is 2.59 bits per heavy atom. The molecule has 0 aliphatic carbocycles. The average molecular weight is 323 g/mol. The van der Waals surface area contributed by atoms with Crippen LogP contribution in [0.25, 0.3) is 0 Å². The highest BCUT2D eigenvalue weighted by atomic mass is 79.9. The summed E-state index contributed by atoms with van der Waals surface area (Å²) < 4.78 is 26.6. The van der Waals surface area contributed by atoms with Crippen molar-refractivity contribution in [2.24, 2.45) is 0 Å². The zero-order valence-corrected chi connectivity index (χ0v) is 12.0. The summed E-state index contributed by atoms with van der Waals surface area (Å²) in [6.45, 7) is 2.96. The van der Waals surface area contributed by atoms with Crippen molar-refractivity contribution < 1.29 is 13.5 Å². The number of nitrogens with one attached hydrogen (secondary N) is 1. The van der Waals surface area contributed by atoms with E-state index in [1.807, 2.05) is 0 Å². The molecule has 0 amide bonds. The second-order valence-electron chi connectivity index (χ2n) is 4.33. The first-order valence-electron chi connectivity index (χ1n) is 4.89. The molecule has 0 spiro atoms. The van der Waals surface area contributed by atoms with Crippen molar-refractivity contribution in [3.05, 3.63) is 22.7 Å². The summed E-state index contributed by atoms with van der Waals surface area (Å²) in [5, 5.41) is 9.49. The summed E-state index contributed by atoms with van der Waals surface area (Å²) >= 11 is 3.15. The van der Waals surface area contributed by atoms with Crippen molar-refractivity contribution in [2.45, 2.75) is 24.3 Å². The fourth-order valence-electron chi connectivity index (χ4n) is 1.08. The molecule has 0 unspecified atom stereocenters. The molecule has 0 saturated carbocycles. The van der Waals surface area contributed by atoms with Crippen molar-refractivity contribution in [3.8, 4) is 0 Å². The Morgan fingerprint density at radius 2 is 2.06 bits per heavy atom. The van der Waals surface area contributed by atoms with E-state index in [0.29, 0.717) is 10.2 Å². The first-order chi connectivity index (χ1) is 7.62. The van der Waals surface area contributed by atoms with Gasteiger partial charge in [0.2, 0.25) is 10.0 Å². The topological polar surface area (TPSA) is 92.4 Å². The fourth-order valence-corrected chi connectivity index (χ4v) is 3.28. The van der Waals surface area contributed by atoms with Crippen LogP contribution in [0.5, 0.6) is 0 Å². The number of rotatable bonds is 4. The molecule has 0 atom stereocenters. The molecule has 1 rings (SSSR count). The van der Waals surface area contributed by atoms with Crippen LogP contribution in [0.4, 0.5) is 5.69 Å². The van der Waals surface area contributed by atoms with Crippen molar-refractivity contribution in [1.29, 1.82) is 0 Å². The SMILES string of the molecule is CC(C)(O)CNS(=O)(=O)c1cc(N)ccc1Br. The minimum absolute atomic E-state index is 0.0572. The second kappa shape index (κ2) is 4.93. The van der Waals surface area contributed by atoms with Crippen LogP contribution < -0.4 is 10.5 Å². The number of aliphatic hydroxyl groups is 1. The lowest BCUT2D eigenvalue weighted by Gasteiger charge is -2.18. The van der Waals surface area contributed by atoms with Crippen LogP contribution in [-0.4, -0.2) is 25.7 Å². The zero-order valence-electron chi connectivity index (χ0n) is 9.57. The summed E-state index contributed by atoms with van der Waals surface area (Å²) in [5.74, 6) is 0. The van der Waals surface area contributed by atoms with Gasteiger partial charge < -0.3 is 10.8 Å². The van der Waals surface area contributed by atoms with Crippen LogP contribution in [0.2, 0.25) is 0 Å². The largest absolute Gasteiger partial charge is 0.399 e. The smallest absolute Gasteiger partial charge is 0.241 e. The van der Waals surface area contributed by atoms with E-state index in [4.69, 9.17) is 5.73 Å². The summed E-state index contributed by atoms with van der Waals surface area (Å²) in [5.41, 5.74) is 4.79. The Kier molecular flexibility index (Phi) is 4.19. The minimum Gasteiger partial charge on any atom is -0.399 e. The highest BCUT2D eigenvalue weighted by Crippen LogP contribution is 2.24. The number of hydrogen-bond acceptors (Lipinski definition) is 4. The maximum absolute atomic E-state index is 11.9. The van der Waals surface area contributed by atoms with Gasteiger partial charge in [-0.25, -0.2) is 13.1 Å². The lowest BCUT2D eigenvalue weighted by atomic mass is 10.1. The van der Waals surface area contributed by atoms with Gasteiger partial charge >= 0.3 is 0 Å². The molecule has 7 heteroatoms. The number of halogens is 1. The molecular weight excluding hydrogens is 308 g/mol. The van der Waals surface area contributed by atoms with Gasteiger partial charge in [0.1, 0.15) is 0 Å². The summed E-state index contributed by atoms with van der Waals surface area (Å²) in [7, 11) is -3.68. The molecule has 96 valence electrons. The molecule has 0 bridgehead atoms. The third-order valence-corrected chi connectivity index (χ3v) is 4.33. The molecule has 0 aliphatic heterocycles. The molecule has 4 N–H and O–H groups in total. The predicted molar refractivity (Wildman–Crippen MR) is 70.0 cm³/mol. The van der Waals surface area contributed by atoms with Gasteiger partial charge in [-0.2, -0.15) is 0 Å². The van der Waals surface area contributed by atoms with Gasteiger partial charge in [-0.15, -0.1) is 0 Å². The van der Waals surface area contributed by atoms with Crippen LogP contribution in [-0.2, 0) is 10.0 Å². The van der Waals surface area contributed by atoms with Gasteiger partial charge in [-0.3, -0.25) is 0 Å². The van der Waals surface area contributed by atoms with Crippen molar-refractivity contribution in [2.75, 3.05) is 12.3 Å². The molecule has 17 heavy (non-hydrogen) atoms. The first kappa shape index (κ1) is 14.4.